The number of rotatable bonds is 4. The molecule has 17 heavy (non-hydrogen) atoms. The monoisotopic (exact) mass is 244 g/mol. The van der Waals surface area contributed by atoms with Crippen LogP contribution in [0.3, 0.4) is 0 Å². The minimum absolute atomic E-state index is 0.155. The molecule has 0 bridgehead atoms. The molecule has 1 saturated heterocycles. The SMILES string of the molecule is Fc1cccc(F)c1OCCC1OCCCO1. The summed E-state index contributed by atoms with van der Waals surface area (Å²) in [6.45, 7) is 1.46. The Hall–Kier alpha value is -1.20. The molecule has 0 unspecified atom stereocenters. The largest absolute Gasteiger partial charge is 0.487 e. The molecule has 0 aromatic heterocycles. The lowest BCUT2D eigenvalue weighted by molar-refractivity contribution is -0.183. The first-order valence-corrected chi connectivity index (χ1v) is 5.57. The number of hydrogen-bond acceptors (Lipinski definition) is 3. The topological polar surface area (TPSA) is 27.7 Å². The molecule has 1 aliphatic heterocycles. The average molecular weight is 244 g/mol. The fourth-order valence-electron chi connectivity index (χ4n) is 1.58. The van der Waals surface area contributed by atoms with E-state index in [1.807, 2.05) is 0 Å². The first kappa shape index (κ1) is 12.3. The molecular formula is C12H14F2O3. The molecule has 0 atom stereocenters. The zero-order valence-corrected chi connectivity index (χ0v) is 9.33. The summed E-state index contributed by atoms with van der Waals surface area (Å²) in [6.07, 6.45) is 0.992. The molecule has 0 amide bonds. The highest BCUT2D eigenvalue weighted by atomic mass is 19.1. The summed E-state index contributed by atoms with van der Waals surface area (Å²) in [4.78, 5) is 0. The number of hydrogen-bond donors (Lipinski definition) is 0. The van der Waals surface area contributed by atoms with E-state index in [2.05, 4.69) is 0 Å². The maximum absolute atomic E-state index is 13.2. The molecule has 0 aliphatic carbocycles. The van der Waals surface area contributed by atoms with Gasteiger partial charge in [0, 0.05) is 6.42 Å². The molecule has 0 N–H and O–H groups in total. The van der Waals surface area contributed by atoms with Gasteiger partial charge in [-0.1, -0.05) is 6.07 Å². The van der Waals surface area contributed by atoms with Crippen LogP contribution in [0, 0.1) is 11.6 Å². The number of halogens is 2. The second kappa shape index (κ2) is 5.93. The van der Waals surface area contributed by atoms with Gasteiger partial charge in [-0.05, 0) is 18.6 Å². The van der Waals surface area contributed by atoms with Crippen molar-refractivity contribution in [1.29, 1.82) is 0 Å². The van der Waals surface area contributed by atoms with Gasteiger partial charge in [0.25, 0.3) is 0 Å². The Bertz CT molecular complexity index is 345. The van der Waals surface area contributed by atoms with Gasteiger partial charge in [-0.2, -0.15) is 0 Å². The Morgan fingerprint density at radius 3 is 2.47 bits per heavy atom. The van der Waals surface area contributed by atoms with Crippen LogP contribution in [0.4, 0.5) is 8.78 Å². The summed E-state index contributed by atoms with van der Waals surface area (Å²) < 4.78 is 42.0. The van der Waals surface area contributed by atoms with Crippen LogP contribution in [0.25, 0.3) is 0 Å². The van der Waals surface area contributed by atoms with Crippen LogP contribution >= 0.6 is 0 Å². The highest BCUT2D eigenvalue weighted by Crippen LogP contribution is 2.21. The molecule has 0 radical (unpaired) electrons. The van der Waals surface area contributed by atoms with Crippen LogP contribution in [0.5, 0.6) is 5.75 Å². The third-order valence-corrected chi connectivity index (χ3v) is 2.42. The van der Waals surface area contributed by atoms with E-state index in [0.717, 1.165) is 18.6 Å². The van der Waals surface area contributed by atoms with Gasteiger partial charge in [0.2, 0.25) is 0 Å². The molecule has 1 aromatic rings. The van der Waals surface area contributed by atoms with Crippen LogP contribution in [-0.4, -0.2) is 26.1 Å². The zero-order chi connectivity index (χ0) is 12.1. The van der Waals surface area contributed by atoms with Gasteiger partial charge in [-0.15, -0.1) is 0 Å². The van der Waals surface area contributed by atoms with Crippen LogP contribution in [0.15, 0.2) is 18.2 Å². The predicted octanol–water partition coefficient (Wildman–Crippen LogP) is 2.50. The normalized spacial score (nSPS) is 17.1. The van der Waals surface area contributed by atoms with Crippen molar-refractivity contribution in [3.8, 4) is 5.75 Å². The van der Waals surface area contributed by atoms with Crippen LogP contribution < -0.4 is 4.74 Å². The minimum atomic E-state index is -0.699. The van der Waals surface area contributed by atoms with Gasteiger partial charge >= 0.3 is 0 Å². The molecular weight excluding hydrogens is 230 g/mol. The Kier molecular flexibility index (Phi) is 4.28. The van der Waals surface area contributed by atoms with E-state index in [-0.39, 0.29) is 18.6 Å². The van der Waals surface area contributed by atoms with E-state index in [1.165, 1.54) is 6.07 Å². The summed E-state index contributed by atoms with van der Waals surface area (Å²) >= 11 is 0. The van der Waals surface area contributed by atoms with Crippen molar-refractivity contribution in [1.82, 2.24) is 0 Å². The van der Waals surface area contributed by atoms with E-state index in [1.54, 1.807) is 0 Å². The van der Waals surface area contributed by atoms with E-state index in [9.17, 15) is 8.78 Å². The third kappa shape index (κ3) is 3.38. The Balaban J connectivity index is 1.81. The standard InChI is InChI=1S/C12H14F2O3/c13-9-3-1-4-10(14)12(9)17-8-5-11-15-6-2-7-16-11/h1,3-4,11H,2,5-8H2. The van der Waals surface area contributed by atoms with Crippen LogP contribution in [-0.2, 0) is 9.47 Å². The molecule has 1 heterocycles. The second-order valence-corrected chi connectivity index (χ2v) is 3.71. The Morgan fingerprint density at radius 2 is 1.82 bits per heavy atom. The zero-order valence-electron chi connectivity index (χ0n) is 9.33. The van der Waals surface area contributed by atoms with Gasteiger partial charge in [0.1, 0.15) is 0 Å². The van der Waals surface area contributed by atoms with Gasteiger partial charge < -0.3 is 14.2 Å². The molecule has 3 nitrogen and oxygen atoms in total. The van der Waals surface area contributed by atoms with Crippen molar-refractivity contribution >= 4 is 0 Å². The lowest BCUT2D eigenvalue weighted by atomic mass is 10.3. The lowest BCUT2D eigenvalue weighted by Gasteiger charge is -2.23. The molecule has 0 spiro atoms. The molecule has 2 rings (SSSR count). The van der Waals surface area contributed by atoms with E-state index < -0.39 is 11.6 Å². The van der Waals surface area contributed by atoms with Crippen molar-refractivity contribution in [2.45, 2.75) is 19.1 Å². The fraction of sp³-hybridized carbons (Fsp3) is 0.500. The lowest BCUT2D eigenvalue weighted by Crippen LogP contribution is -2.26. The first-order valence-electron chi connectivity index (χ1n) is 5.57. The van der Waals surface area contributed by atoms with Crippen molar-refractivity contribution in [2.24, 2.45) is 0 Å². The highest BCUT2D eigenvalue weighted by Gasteiger charge is 2.15. The van der Waals surface area contributed by atoms with Gasteiger partial charge in [-0.25, -0.2) is 8.78 Å². The number of para-hydroxylation sites is 1. The quantitative estimate of drug-likeness (QED) is 0.814. The van der Waals surface area contributed by atoms with Crippen LogP contribution in [0.1, 0.15) is 12.8 Å². The van der Waals surface area contributed by atoms with Gasteiger partial charge in [0.05, 0.1) is 19.8 Å². The summed E-state index contributed by atoms with van der Waals surface area (Å²) in [6, 6.07) is 3.61. The van der Waals surface area contributed by atoms with Crippen molar-refractivity contribution in [2.75, 3.05) is 19.8 Å². The van der Waals surface area contributed by atoms with Gasteiger partial charge in [0.15, 0.2) is 23.7 Å². The Morgan fingerprint density at radius 1 is 1.18 bits per heavy atom. The van der Waals surface area contributed by atoms with Gasteiger partial charge in [-0.3, -0.25) is 0 Å². The smallest absolute Gasteiger partial charge is 0.190 e. The summed E-state index contributed by atoms with van der Waals surface area (Å²) in [7, 11) is 0. The van der Waals surface area contributed by atoms with E-state index in [0.29, 0.717) is 19.6 Å². The average Bonchev–Trinajstić information content (AvgIpc) is 2.34. The predicted molar refractivity (Wildman–Crippen MR) is 56.8 cm³/mol. The maximum atomic E-state index is 13.2. The first-order chi connectivity index (χ1) is 8.27. The molecule has 1 aliphatic rings. The maximum Gasteiger partial charge on any atom is 0.190 e. The van der Waals surface area contributed by atoms with E-state index in [4.69, 9.17) is 14.2 Å². The third-order valence-electron chi connectivity index (χ3n) is 2.42. The van der Waals surface area contributed by atoms with E-state index >= 15 is 0 Å². The Labute approximate surface area is 98.3 Å². The highest BCUT2D eigenvalue weighted by molar-refractivity contribution is 5.25. The van der Waals surface area contributed by atoms with Crippen molar-refractivity contribution in [3.05, 3.63) is 29.8 Å². The fourth-order valence-corrected chi connectivity index (χ4v) is 1.58. The van der Waals surface area contributed by atoms with Crippen molar-refractivity contribution < 1.29 is 23.0 Å². The molecule has 94 valence electrons. The second-order valence-electron chi connectivity index (χ2n) is 3.71. The summed E-state index contributed by atoms with van der Waals surface area (Å²) in [5, 5.41) is 0. The summed E-state index contributed by atoms with van der Waals surface area (Å²) in [5.41, 5.74) is 0. The number of benzene rings is 1. The number of ether oxygens (including phenoxy) is 3. The molecule has 1 fully saturated rings. The minimum Gasteiger partial charge on any atom is -0.487 e. The van der Waals surface area contributed by atoms with Crippen molar-refractivity contribution in [3.63, 3.8) is 0 Å². The molecule has 0 saturated carbocycles. The van der Waals surface area contributed by atoms with Crippen LogP contribution in [0.2, 0.25) is 0 Å². The summed E-state index contributed by atoms with van der Waals surface area (Å²) in [5.74, 6) is -1.74. The molecule has 5 heteroatoms. The molecule has 1 aromatic carbocycles.